The van der Waals surface area contributed by atoms with Gasteiger partial charge in [0, 0.05) is 11.1 Å². The number of nitrogens with zero attached hydrogens (tertiary/aromatic N) is 2. The van der Waals surface area contributed by atoms with Gasteiger partial charge in [0.15, 0.2) is 0 Å². The molecule has 1 heterocycles. The molecule has 1 aromatic carbocycles. The van der Waals surface area contributed by atoms with Gasteiger partial charge in [-0.05, 0) is 36.8 Å². The molecule has 2 aromatic rings. The van der Waals surface area contributed by atoms with Gasteiger partial charge in [0.05, 0.1) is 18.6 Å². The average Bonchev–Trinajstić information content (AvgIpc) is 2.91. The van der Waals surface area contributed by atoms with E-state index in [1.807, 2.05) is 12.3 Å². The van der Waals surface area contributed by atoms with Gasteiger partial charge >= 0.3 is 0 Å². The van der Waals surface area contributed by atoms with Crippen LogP contribution in [0.3, 0.4) is 0 Å². The fourth-order valence-corrected chi connectivity index (χ4v) is 2.40. The van der Waals surface area contributed by atoms with E-state index < -0.39 is 12.6 Å². The Morgan fingerprint density at radius 1 is 1.39 bits per heavy atom. The molecular formula is C15H14N3O4S-. The molecule has 0 unspecified atom stereocenters. The van der Waals surface area contributed by atoms with Crippen LogP contribution in [0, 0.1) is 6.92 Å². The van der Waals surface area contributed by atoms with Crippen LogP contribution in [-0.2, 0) is 16.0 Å². The van der Waals surface area contributed by atoms with Gasteiger partial charge in [-0.2, -0.15) is 5.10 Å². The highest BCUT2D eigenvalue weighted by Gasteiger charge is 2.05. The second kappa shape index (κ2) is 8.04. The van der Waals surface area contributed by atoms with Gasteiger partial charge in [0.2, 0.25) is 5.91 Å². The number of hydrazone groups is 1. The molecule has 0 saturated heterocycles. The summed E-state index contributed by atoms with van der Waals surface area (Å²) in [5.41, 5.74) is 4.05. The normalized spacial score (nSPS) is 10.7. The van der Waals surface area contributed by atoms with Gasteiger partial charge in [-0.25, -0.2) is 10.4 Å². The molecule has 23 heavy (non-hydrogen) atoms. The second-order valence-corrected chi connectivity index (χ2v) is 5.52. The van der Waals surface area contributed by atoms with Crippen LogP contribution in [0.2, 0.25) is 0 Å². The molecule has 0 spiro atoms. The molecular weight excluding hydrogens is 318 g/mol. The third-order valence-corrected chi connectivity index (χ3v) is 3.58. The number of aliphatic carboxylic acids is 1. The smallest absolute Gasteiger partial charge is 0.246 e. The highest BCUT2D eigenvalue weighted by Crippen LogP contribution is 2.11. The maximum atomic E-state index is 11.7. The number of nitrogens with one attached hydrogen (secondary N) is 1. The molecule has 7 nitrogen and oxygen atoms in total. The summed E-state index contributed by atoms with van der Waals surface area (Å²) in [7, 11) is 0. The summed E-state index contributed by atoms with van der Waals surface area (Å²) < 4.78 is 4.95. The SMILES string of the molecule is Cc1csc(CC(=O)N/N=C\c2ccc(OCC(=O)[O-])cc2)n1. The van der Waals surface area contributed by atoms with Crippen LogP contribution < -0.4 is 15.3 Å². The van der Waals surface area contributed by atoms with Crippen molar-refractivity contribution in [2.24, 2.45) is 5.10 Å². The van der Waals surface area contributed by atoms with Crippen molar-refractivity contribution in [1.82, 2.24) is 10.4 Å². The first-order chi connectivity index (χ1) is 11.0. The summed E-state index contributed by atoms with van der Waals surface area (Å²) >= 11 is 1.43. The summed E-state index contributed by atoms with van der Waals surface area (Å²) in [6, 6.07) is 6.57. The molecule has 1 amide bonds. The maximum Gasteiger partial charge on any atom is 0.246 e. The van der Waals surface area contributed by atoms with E-state index in [0.29, 0.717) is 5.75 Å². The first-order valence-corrected chi connectivity index (χ1v) is 7.56. The van der Waals surface area contributed by atoms with Gasteiger partial charge in [-0.1, -0.05) is 0 Å². The molecule has 0 saturated carbocycles. The molecule has 1 aromatic heterocycles. The van der Waals surface area contributed by atoms with Crippen molar-refractivity contribution in [2.75, 3.05) is 6.61 Å². The standard InChI is InChI=1S/C15H15N3O4S/c1-10-9-23-14(17-10)6-13(19)18-16-7-11-2-4-12(5-3-11)22-8-15(20)21/h2-5,7,9H,6,8H2,1H3,(H,18,19)(H,20,21)/p-1/b16-7-. The van der Waals surface area contributed by atoms with Gasteiger partial charge in [0.25, 0.3) is 0 Å². The molecule has 0 aliphatic rings. The first kappa shape index (κ1) is 16.6. The summed E-state index contributed by atoms with van der Waals surface area (Å²) in [6.45, 7) is 1.37. The topological polar surface area (TPSA) is 104 Å². The largest absolute Gasteiger partial charge is 0.546 e. The van der Waals surface area contributed by atoms with Crippen LogP contribution in [-0.4, -0.2) is 29.7 Å². The number of aryl methyl sites for hydroxylation is 1. The summed E-state index contributed by atoms with van der Waals surface area (Å²) in [6.07, 6.45) is 1.67. The van der Waals surface area contributed by atoms with E-state index in [0.717, 1.165) is 16.3 Å². The van der Waals surface area contributed by atoms with Crippen LogP contribution in [0.4, 0.5) is 0 Å². The number of rotatable bonds is 7. The number of hydrogen-bond acceptors (Lipinski definition) is 7. The zero-order valence-corrected chi connectivity index (χ0v) is 13.1. The lowest BCUT2D eigenvalue weighted by Gasteiger charge is -2.06. The highest BCUT2D eigenvalue weighted by atomic mass is 32.1. The Morgan fingerprint density at radius 2 is 2.13 bits per heavy atom. The highest BCUT2D eigenvalue weighted by molar-refractivity contribution is 7.09. The van der Waals surface area contributed by atoms with Crippen molar-refractivity contribution in [3.8, 4) is 5.75 Å². The van der Waals surface area contributed by atoms with Crippen molar-refractivity contribution in [3.05, 3.63) is 45.9 Å². The molecule has 0 aliphatic carbocycles. The van der Waals surface area contributed by atoms with Crippen LogP contribution in [0.1, 0.15) is 16.3 Å². The lowest BCUT2D eigenvalue weighted by Crippen LogP contribution is -2.28. The molecule has 0 aliphatic heterocycles. The van der Waals surface area contributed by atoms with Gasteiger partial charge in [-0.3, -0.25) is 4.79 Å². The van der Waals surface area contributed by atoms with E-state index in [4.69, 9.17) is 4.74 Å². The molecule has 0 bridgehead atoms. The molecule has 8 heteroatoms. The molecule has 120 valence electrons. The van der Waals surface area contributed by atoms with Gasteiger partial charge in [0.1, 0.15) is 17.4 Å². The number of carboxylic acids is 1. The van der Waals surface area contributed by atoms with Gasteiger partial charge < -0.3 is 14.6 Å². The van der Waals surface area contributed by atoms with E-state index >= 15 is 0 Å². The Morgan fingerprint density at radius 3 is 2.74 bits per heavy atom. The van der Waals surface area contributed by atoms with E-state index in [2.05, 4.69) is 15.5 Å². The fraction of sp³-hybridized carbons (Fsp3) is 0.200. The van der Waals surface area contributed by atoms with E-state index in [-0.39, 0.29) is 12.3 Å². The number of amides is 1. The lowest BCUT2D eigenvalue weighted by molar-refractivity contribution is -0.307. The number of hydrogen-bond donors (Lipinski definition) is 1. The minimum atomic E-state index is -1.28. The Kier molecular flexibility index (Phi) is 5.81. The number of carbonyl (C=O) groups is 2. The molecule has 0 atom stereocenters. The number of carboxylic acid groups (broad SMARTS) is 1. The molecule has 1 N–H and O–H groups in total. The van der Waals surface area contributed by atoms with Crippen molar-refractivity contribution in [1.29, 1.82) is 0 Å². The van der Waals surface area contributed by atoms with Crippen molar-refractivity contribution in [3.63, 3.8) is 0 Å². The number of ether oxygens (including phenoxy) is 1. The third kappa shape index (κ3) is 5.87. The molecule has 0 radical (unpaired) electrons. The first-order valence-electron chi connectivity index (χ1n) is 6.68. The number of benzene rings is 1. The van der Waals surface area contributed by atoms with Crippen molar-refractivity contribution >= 4 is 29.4 Å². The summed E-state index contributed by atoms with van der Waals surface area (Å²) in [4.78, 5) is 26.2. The monoisotopic (exact) mass is 332 g/mol. The van der Waals surface area contributed by atoms with Crippen molar-refractivity contribution < 1.29 is 19.4 Å². The summed E-state index contributed by atoms with van der Waals surface area (Å²) in [5.74, 6) is -1.12. The average molecular weight is 332 g/mol. The van der Waals surface area contributed by atoms with Crippen molar-refractivity contribution in [2.45, 2.75) is 13.3 Å². The van der Waals surface area contributed by atoms with Crippen LogP contribution in [0.15, 0.2) is 34.7 Å². The quantitative estimate of drug-likeness (QED) is 0.579. The number of thiazole rings is 1. The van der Waals surface area contributed by atoms with E-state index in [9.17, 15) is 14.7 Å². The second-order valence-electron chi connectivity index (χ2n) is 4.58. The zero-order chi connectivity index (χ0) is 16.7. The Bertz CT molecular complexity index is 710. The predicted octanol–water partition coefficient (Wildman–Crippen LogP) is 0.273. The Hall–Kier alpha value is -2.74. The molecule has 2 rings (SSSR count). The number of carbonyl (C=O) groups excluding carboxylic acids is 2. The zero-order valence-electron chi connectivity index (χ0n) is 12.3. The minimum absolute atomic E-state index is 0.186. The Labute approximate surface area is 136 Å². The van der Waals surface area contributed by atoms with Crippen LogP contribution in [0.25, 0.3) is 0 Å². The maximum absolute atomic E-state index is 11.7. The summed E-state index contributed by atoms with van der Waals surface area (Å²) in [5, 5.41) is 16.8. The Balaban J connectivity index is 1.80. The van der Waals surface area contributed by atoms with E-state index in [1.54, 1.807) is 24.3 Å². The van der Waals surface area contributed by atoms with Crippen LogP contribution in [0.5, 0.6) is 5.75 Å². The van der Waals surface area contributed by atoms with E-state index in [1.165, 1.54) is 17.6 Å². The van der Waals surface area contributed by atoms with Gasteiger partial charge in [-0.15, -0.1) is 11.3 Å². The lowest BCUT2D eigenvalue weighted by atomic mass is 10.2. The van der Waals surface area contributed by atoms with Crippen LogP contribution >= 0.6 is 11.3 Å². The molecule has 0 fully saturated rings. The third-order valence-electron chi connectivity index (χ3n) is 2.62. The number of aromatic nitrogens is 1. The predicted molar refractivity (Wildman–Crippen MR) is 83.2 cm³/mol. The fourth-order valence-electron chi connectivity index (χ4n) is 1.63. The minimum Gasteiger partial charge on any atom is -0.546 e.